The van der Waals surface area contributed by atoms with E-state index in [-0.39, 0.29) is 18.1 Å². The van der Waals surface area contributed by atoms with Gasteiger partial charge in [0, 0.05) is 38.1 Å². The SMILES string of the molecule is CO[C@@H]1CCNCC1NC1=N/C(=C(/C=N)C(C)C)NC(NCc2ccccc2)=C1. The molecule has 0 radical (unpaired) electrons. The van der Waals surface area contributed by atoms with Crippen LogP contribution >= 0.6 is 0 Å². The lowest BCUT2D eigenvalue weighted by Crippen LogP contribution is -2.54. The molecule has 1 unspecified atom stereocenters. The minimum absolute atomic E-state index is 0.140. The fourth-order valence-corrected chi connectivity index (χ4v) is 3.54. The third kappa shape index (κ3) is 5.68. The molecule has 2 aliphatic rings. The van der Waals surface area contributed by atoms with E-state index in [1.165, 1.54) is 11.8 Å². The van der Waals surface area contributed by atoms with Crippen molar-refractivity contribution in [2.75, 3.05) is 20.2 Å². The van der Waals surface area contributed by atoms with Crippen molar-refractivity contribution in [1.82, 2.24) is 21.3 Å². The maximum Gasteiger partial charge on any atom is 0.138 e. The highest BCUT2D eigenvalue weighted by Gasteiger charge is 2.26. The predicted molar refractivity (Wildman–Crippen MR) is 118 cm³/mol. The molecular weight excluding hydrogens is 364 g/mol. The molecule has 3 rings (SSSR count). The molecule has 1 saturated heterocycles. The molecule has 2 aliphatic heterocycles. The first kappa shape index (κ1) is 21.1. The summed E-state index contributed by atoms with van der Waals surface area (Å²) in [6.07, 6.45) is 4.47. The van der Waals surface area contributed by atoms with Crippen LogP contribution < -0.4 is 21.3 Å². The lowest BCUT2D eigenvalue weighted by atomic mass is 10.0. The first-order valence-electron chi connectivity index (χ1n) is 10.2. The van der Waals surface area contributed by atoms with Crippen LogP contribution in [0.1, 0.15) is 25.8 Å². The first-order chi connectivity index (χ1) is 14.1. The number of nitrogens with one attached hydrogen (secondary N) is 5. The summed E-state index contributed by atoms with van der Waals surface area (Å²) in [5.41, 5.74) is 2.06. The Kier molecular flexibility index (Phi) is 7.43. The van der Waals surface area contributed by atoms with Gasteiger partial charge >= 0.3 is 0 Å². The molecule has 1 fully saturated rings. The number of rotatable bonds is 7. The van der Waals surface area contributed by atoms with Crippen molar-refractivity contribution in [2.24, 2.45) is 10.9 Å². The lowest BCUT2D eigenvalue weighted by molar-refractivity contribution is 0.0545. The molecule has 156 valence electrons. The van der Waals surface area contributed by atoms with E-state index in [1.807, 2.05) is 24.3 Å². The van der Waals surface area contributed by atoms with Gasteiger partial charge in [0.25, 0.3) is 0 Å². The Hall–Kier alpha value is -2.64. The fourth-order valence-electron chi connectivity index (χ4n) is 3.54. The van der Waals surface area contributed by atoms with Crippen molar-refractivity contribution >= 4 is 12.1 Å². The van der Waals surface area contributed by atoms with Gasteiger partial charge in [-0.2, -0.15) is 0 Å². The monoisotopic (exact) mass is 396 g/mol. The molecule has 0 aromatic heterocycles. The quantitative estimate of drug-likeness (QED) is 0.455. The minimum atomic E-state index is 0.140. The van der Waals surface area contributed by atoms with Gasteiger partial charge in [-0.05, 0) is 24.4 Å². The number of nitrogens with zero attached hydrogens (tertiary/aromatic N) is 1. The van der Waals surface area contributed by atoms with E-state index >= 15 is 0 Å². The average molecular weight is 397 g/mol. The Bertz CT molecular complexity index is 784. The largest absolute Gasteiger partial charge is 0.379 e. The van der Waals surface area contributed by atoms with E-state index in [2.05, 4.69) is 47.2 Å². The van der Waals surface area contributed by atoms with Crippen LogP contribution in [-0.4, -0.2) is 44.4 Å². The lowest BCUT2D eigenvalue weighted by Gasteiger charge is -2.33. The Morgan fingerprint density at radius 3 is 2.83 bits per heavy atom. The average Bonchev–Trinajstić information content (AvgIpc) is 2.73. The maximum atomic E-state index is 7.83. The zero-order valence-corrected chi connectivity index (χ0v) is 17.5. The highest BCUT2D eigenvalue weighted by Crippen LogP contribution is 2.17. The second-order valence-corrected chi connectivity index (χ2v) is 7.64. The highest BCUT2D eigenvalue weighted by atomic mass is 16.5. The van der Waals surface area contributed by atoms with Crippen LogP contribution in [0.25, 0.3) is 0 Å². The van der Waals surface area contributed by atoms with Gasteiger partial charge in [0.05, 0.1) is 12.1 Å². The topological polar surface area (TPSA) is 93.6 Å². The summed E-state index contributed by atoms with van der Waals surface area (Å²) < 4.78 is 5.65. The van der Waals surface area contributed by atoms with Gasteiger partial charge in [-0.1, -0.05) is 44.2 Å². The van der Waals surface area contributed by atoms with E-state index in [1.54, 1.807) is 7.11 Å². The number of aliphatic imine (C=N–C) groups is 1. The van der Waals surface area contributed by atoms with Gasteiger partial charge < -0.3 is 31.4 Å². The Morgan fingerprint density at radius 2 is 2.14 bits per heavy atom. The summed E-state index contributed by atoms with van der Waals surface area (Å²) in [6.45, 7) is 6.62. The Labute approximate surface area is 173 Å². The molecule has 7 heteroatoms. The maximum absolute atomic E-state index is 7.83. The summed E-state index contributed by atoms with van der Waals surface area (Å²) in [7, 11) is 1.76. The van der Waals surface area contributed by atoms with Gasteiger partial charge in [-0.25, -0.2) is 4.99 Å². The number of methoxy groups -OCH3 is 1. The number of amidine groups is 1. The second kappa shape index (κ2) is 10.2. The van der Waals surface area contributed by atoms with Gasteiger partial charge in [-0.3, -0.25) is 0 Å². The molecule has 0 spiro atoms. The molecule has 5 N–H and O–H groups in total. The standard InChI is InChI=1S/C22H32N6O/c1-15(2)17(12-23)22-27-20(25-13-16-7-5-4-6-8-16)11-21(28-22)26-18-14-24-10-9-19(18)29-3/h4-8,11-12,15,18-19,23-25,27H,9-10,13-14H2,1-3H3,(H,26,28)/b22-17-,23-12?/t18?,19-/m1/s1. The number of hydrogen-bond acceptors (Lipinski definition) is 7. The van der Waals surface area contributed by atoms with E-state index in [4.69, 9.17) is 15.1 Å². The predicted octanol–water partition coefficient (Wildman–Crippen LogP) is 2.10. The molecule has 1 aromatic rings. The molecule has 0 saturated carbocycles. The molecule has 2 heterocycles. The van der Waals surface area contributed by atoms with Gasteiger partial charge in [-0.15, -0.1) is 0 Å². The number of ether oxygens (including phenoxy) is 1. The van der Waals surface area contributed by atoms with Crippen molar-refractivity contribution in [1.29, 1.82) is 5.41 Å². The molecule has 0 bridgehead atoms. The van der Waals surface area contributed by atoms with E-state index in [0.29, 0.717) is 12.4 Å². The molecule has 2 atom stereocenters. The number of allylic oxidation sites excluding steroid dienone is 1. The van der Waals surface area contributed by atoms with Crippen LogP contribution in [0.3, 0.4) is 0 Å². The summed E-state index contributed by atoms with van der Waals surface area (Å²) in [5, 5.41) is 21.6. The molecule has 29 heavy (non-hydrogen) atoms. The van der Waals surface area contributed by atoms with Crippen molar-refractivity contribution in [3.8, 4) is 0 Å². The van der Waals surface area contributed by atoms with E-state index in [9.17, 15) is 0 Å². The second-order valence-electron chi connectivity index (χ2n) is 7.64. The molecule has 1 aromatic carbocycles. The number of benzene rings is 1. The summed E-state index contributed by atoms with van der Waals surface area (Å²) in [6, 6.07) is 10.4. The van der Waals surface area contributed by atoms with Crippen molar-refractivity contribution in [2.45, 2.75) is 39.0 Å². The Morgan fingerprint density at radius 1 is 1.34 bits per heavy atom. The van der Waals surface area contributed by atoms with E-state index < -0.39 is 0 Å². The van der Waals surface area contributed by atoms with Crippen LogP contribution in [0.15, 0.2) is 58.6 Å². The van der Waals surface area contributed by atoms with Crippen molar-refractivity contribution in [3.63, 3.8) is 0 Å². The summed E-state index contributed by atoms with van der Waals surface area (Å²) >= 11 is 0. The third-order valence-corrected chi connectivity index (χ3v) is 5.20. The number of piperidine rings is 1. The molecular formula is C22H32N6O. The van der Waals surface area contributed by atoms with Crippen LogP contribution in [0.5, 0.6) is 0 Å². The van der Waals surface area contributed by atoms with Crippen LogP contribution in [-0.2, 0) is 11.3 Å². The smallest absolute Gasteiger partial charge is 0.138 e. The zero-order chi connectivity index (χ0) is 20.6. The highest BCUT2D eigenvalue weighted by molar-refractivity contribution is 5.96. The van der Waals surface area contributed by atoms with Crippen LogP contribution in [0, 0.1) is 11.3 Å². The van der Waals surface area contributed by atoms with Crippen molar-refractivity contribution in [3.05, 3.63) is 59.2 Å². The normalized spacial score (nSPS) is 23.6. The Balaban J connectivity index is 1.82. The summed E-state index contributed by atoms with van der Waals surface area (Å²) in [5.74, 6) is 2.52. The van der Waals surface area contributed by atoms with E-state index in [0.717, 1.165) is 36.7 Å². The van der Waals surface area contributed by atoms with Gasteiger partial charge in [0.2, 0.25) is 0 Å². The minimum Gasteiger partial charge on any atom is -0.379 e. The fraction of sp³-hybridized carbons (Fsp3) is 0.455. The first-order valence-corrected chi connectivity index (χ1v) is 10.2. The third-order valence-electron chi connectivity index (χ3n) is 5.20. The van der Waals surface area contributed by atoms with Crippen molar-refractivity contribution < 1.29 is 4.74 Å². The van der Waals surface area contributed by atoms with Crippen LogP contribution in [0.4, 0.5) is 0 Å². The molecule has 7 nitrogen and oxygen atoms in total. The van der Waals surface area contributed by atoms with Crippen LogP contribution in [0.2, 0.25) is 0 Å². The molecule has 0 amide bonds. The van der Waals surface area contributed by atoms with Gasteiger partial charge in [0.15, 0.2) is 0 Å². The zero-order valence-electron chi connectivity index (χ0n) is 17.5. The summed E-state index contributed by atoms with van der Waals surface area (Å²) in [4.78, 5) is 4.77. The van der Waals surface area contributed by atoms with Gasteiger partial charge in [0.1, 0.15) is 17.5 Å². The number of hydrogen-bond donors (Lipinski definition) is 5. The molecule has 0 aliphatic carbocycles.